The molecule has 3 fully saturated rings. The molecule has 6 N–H and O–H groups in total. The molecule has 0 radical (unpaired) electrons. The van der Waals surface area contributed by atoms with E-state index in [1.807, 2.05) is 135 Å². The van der Waals surface area contributed by atoms with Gasteiger partial charge < -0.3 is 49.7 Å². The number of nitrogens with zero attached hydrogens (tertiary/aromatic N) is 9. The van der Waals surface area contributed by atoms with E-state index in [1.54, 1.807) is 42.1 Å². The fourth-order valence-electron chi connectivity index (χ4n) is 13.2. The van der Waals surface area contributed by atoms with Gasteiger partial charge in [-0.1, -0.05) is 78.3 Å². The fraction of sp³-hybridized carbons (Fsp3) is 0.307. The summed E-state index contributed by atoms with van der Waals surface area (Å²) in [7, 11) is 0. The van der Waals surface area contributed by atoms with Gasteiger partial charge in [0.05, 0.1) is 29.7 Å². The molecule has 16 nitrogen and oxygen atoms in total. The lowest BCUT2D eigenvalue weighted by Crippen LogP contribution is -2.35. The van der Waals surface area contributed by atoms with Gasteiger partial charge in [-0.05, 0) is 185 Å². The summed E-state index contributed by atoms with van der Waals surface area (Å²) >= 11 is 1.68. The predicted octanol–water partition coefficient (Wildman–Crippen LogP) is 13.2. The van der Waals surface area contributed by atoms with Crippen LogP contribution in [0.4, 0.5) is 22.2 Å². The molecular formula is C75H71FN12O4S. The number of aromatic nitrogens is 9. The van der Waals surface area contributed by atoms with Crippen LogP contribution in [0.5, 0.6) is 0 Å². The molecule has 4 atom stereocenters. The van der Waals surface area contributed by atoms with Crippen molar-refractivity contribution in [3.63, 3.8) is 0 Å². The van der Waals surface area contributed by atoms with Crippen molar-refractivity contribution in [1.82, 2.24) is 43.6 Å². The largest absolute Gasteiger partial charge is 0.379 e. The predicted molar refractivity (Wildman–Crippen MR) is 363 cm³/mol. The minimum absolute atomic E-state index is 0.0648. The van der Waals surface area contributed by atoms with Gasteiger partial charge in [0.25, 0.3) is 0 Å². The maximum atomic E-state index is 16.0. The SMILES string of the molecule is OC1(C#Cc2ccc3ccn(-c4ccnc(NCCOCC5CCCC(O)(C#Cc6ccc7ccn(-c8ccnc(NCc9ccc(C%10CCCC(O)(C#Cc%11ccc%12ccn(-c%13ccnc(NCc%14cccs%14)n%13)c%12c%11)C%10)cc9F)n8)c7c6)C5)n4)c3c2)CCCCC1. The van der Waals surface area contributed by atoms with E-state index in [0.717, 1.165) is 124 Å². The normalized spacial score (nSPS) is 19.4. The number of ether oxygens (including phenoxy) is 1. The highest BCUT2D eigenvalue weighted by molar-refractivity contribution is 7.09. The lowest BCUT2D eigenvalue weighted by atomic mass is 9.75. The zero-order chi connectivity index (χ0) is 63.2. The summed E-state index contributed by atoms with van der Waals surface area (Å²) in [6.45, 7) is 2.27. The fourth-order valence-corrected chi connectivity index (χ4v) is 13.9. The van der Waals surface area contributed by atoms with Gasteiger partial charge in [0, 0.05) is 100 Å². The van der Waals surface area contributed by atoms with Crippen LogP contribution in [0.15, 0.2) is 164 Å². The Balaban J connectivity index is 0.560. The Kier molecular flexibility index (Phi) is 17.6. The molecular weight excluding hydrogens is 1180 g/mol. The molecule has 3 saturated carbocycles. The van der Waals surface area contributed by atoms with E-state index in [-0.39, 0.29) is 24.2 Å². The monoisotopic (exact) mass is 1250 g/mol. The molecule has 14 rings (SSSR count). The molecule has 4 aromatic carbocycles. The number of thiophene rings is 1. The highest BCUT2D eigenvalue weighted by atomic mass is 32.1. The minimum Gasteiger partial charge on any atom is -0.379 e. The number of halogens is 1. The third kappa shape index (κ3) is 14.3. The van der Waals surface area contributed by atoms with E-state index in [1.165, 1.54) is 4.88 Å². The summed E-state index contributed by atoms with van der Waals surface area (Å²) in [4.78, 5) is 29.0. The van der Waals surface area contributed by atoms with Gasteiger partial charge in [-0.2, -0.15) is 15.0 Å². The quantitative estimate of drug-likeness (QED) is 0.0395. The number of benzene rings is 4. The standard InChI is InChI=1S/C75H71FN12O4S/c76-63-46-59(60-8-5-30-75(91,48-60)33-20-54-12-15-58-26-40-88(66(58)45-54)69-23-36-79-72(85-69)82-50-62-9-6-42-93-62)16-17-61(63)49-81-71-78-35-22-68(84-71)87-39-25-57-14-11-53(44-65(57)87)19-32-74(90)29-4-7-55(47-74)51-92-41-37-80-70-77-34-21-67(83-70)86-38-24-56-13-10-52(43-64(56)86)18-31-73(89)27-2-1-3-28-73/h6,9-17,21-26,34-36,38-40,42-46,55,60,89-91H,1-5,7-8,27-30,37,41,47-51H2,(H,77,80,83)(H,78,81,84)(H,79,82,85). The van der Waals surface area contributed by atoms with Gasteiger partial charge in [-0.15, -0.1) is 11.3 Å². The van der Waals surface area contributed by atoms with E-state index >= 15 is 4.39 Å². The summed E-state index contributed by atoms with van der Waals surface area (Å²) in [6, 6.07) is 39.2. The Morgan fingerprint density at radius 3 is 1.60 bits per heavy atom. The van der Waals surface area contributed by atoms with E-state index in [0.29, 0.717) is 81.2 Å². The molecule has 18 heteroatoms. The molecule has 7 heterocycles. The van der Waals surface area contributed by atoms with Crippen molar-refractivity contribution in [3.8, 4) is 53.0 Å². The summed E-state index contributed by atoms with van der Waals surface area (Å²) in [5.41, 5.74) is 3.23. The molecule has 0 aliphatic heterocycles. The first-order valence-corrected chi connectivity index (χ1v) is 33.0. The van der Waals surface area contributed by atoms with Crippen LogP contribution >= 0.6 is 11.3 Å². The highest BCUT2D eigenvalue weighted by Crippen LogP contribution is 2.40. The third-order valence-electron chi connectivity index (χ3n) is 18.2. The molecule has 0 saturated heterocycles. The van der Waals surface area contributed by atoms with Gasteiger partial charge in [-0.25, -0.2) is 19.3 Å². The zero-order valence-electron chi connectivity index (χ0n) is 51.5. The van der Waals surface area contributed by atoms with Gasteiger partial charge in [0.1, 0.15) is 40.1 Å². The Morgan fingerprint density at radius 2 is 1.05 bits per heavy atom. The summed E-state index contributed by atoms with van der Waals surface area (Å²) < 4.78 is 28.2. The first kappa shape index (κ1) is 60.8. The summed E-state index contributed by atoms with van der Waals surface area (Å²) in [5.74, 6) is 22.6. The molecule has 93 heavy (non-hydrogen) atoms. The van der Waals surface area contributed by atoms with Crippen molar-refractivity contribution >= 4 is 61.9 Å². The second kappa shape index (κ2) is 26.9. The number of aliphatic hydroxyl groups is 3. The molecule has 468 valence electrons. The van der Waals surface area contributed by atoms with Gasteiger partial charge >= 0.3 is 0 Å². The van der Waals surface area contributed by atoms with E-state index < -0.39 is 16.8 Å². The van der Waals surface area contributed by atoms with Crippen LogP contribution in [0.25, 0.3) is 50.2 Å². The van der Waals surface area contributed by atoms with E-state index in [2.05, 4.69) is 78.6 Å². The Bertz CT molecular complexity index is 4710. The highest BCUT2D eigenvalue weighted by Gasteiger charge is 2.35. The number of rotatable bonds is 16. The van der Waals surface area contributed by atoms with Gasteiger partial charge in [-0.3, -0.25) is 0 Å². The Labute approximate surface area is 543 Å². The average Bonchev–Trinajstić information content (AvgIpc) is 1.81. The zero-order valence-corrected chi connectivity index (χ0v) is 52.3. The van der Waals surface area contributed by atoms with Crippen molar-refractivity contribution in [2.24, 2.45) is 5.92 Å². The number of hydrogen-bond acceptors (Lipinski definition) is 14. The molecule has 11 aromatic rings. The second-order valence-corrected chi connectivity index (χ2v) is 25.9. The summed E-state index contributed by atoms with van der Waals surface area (Å²) in [5, 5.41) is 49.6. The molecule has 7 aromatic heterocycles. The van der Waals surface area contributed by atoms with Crippen LogP contribution in [0.3, 0.4) is 0 Å². The third-order valence-corrected chi connectivity index (χ3v) is 19.0. The number of hydrogen-bond donors (Lipinski definition) is 6. The number of anilines is 3. The Morgan fingerprint density at radius 1 is 0.538 bits per heavy atom. The Hall–Kier alpha value is -9.71. The van der Waals surface area contributed by atoms with Crippen molar-refractivity contribution in [2.75, 3.05) is 35.7 Å². The molecule has 0 bridgehead atoms. The first-order chi connectivity index (χ1) is 45.4. The maximum Gasteiger partial charge on any atom is 0.224 e. The molecule has 4 unspecified atom stereocenters. The van der Waals surface area contributed by atoms with Crippen LogP contribution in [0.2, 0.25) is 0 Å². The lowest BCUT2D eigenvalue weighted by Gasteiger charge is -2.33. The van der Waals surface area contributed by atoms with Crippen LogP contribution in [0, 0.1) is 47.3 Å². The second-order valence-electron chi connectivity index (χ2n) is 24.9. The van der Waals surface area contributed by atoms with E-state index in [4.69, 9.17) is 19.7 Å². The number of fused-ring (bicyclic) bond motifs is 3. The topological polar surface area (TPSA) is 198 Å². The van der Waals surface area contributed by atoms with Crippen molar-refractivity contribution in [1.29, 1.82) is 0 Å². The number of nitrogens with one attached hydrogen (secondary N) is 3. The lowest BCUT2D eigenvalue weighted by molar-refractivity contribution is 0.00598. The molecule has 0 spiro atoms. The first-order valence-electron chi connectivity index (χ1n) is 32.1. The van der Waals surface area contributed by atoms with Crippen LogP contribution < -0.4 is 16.0 Å². The maximum absolute atomic E-state index is 16.0. The van der Waals surface area contributed by atoms with Crippen molar-refractivity contribution in [3.05, 3.63) is 202 Å². The molecule has 0 amide bonds. The average molecular weight is 1260 g/mol. The molecule has 3 aliphatic rings. The van der Waals surface area contributed by atoms with E-state index in [9.17, 15) is 15.3 Å². The van der Waals surface area contributed by atoms with Crippen molar-refractivity contribution in [2.45, 2.75) is 119 Å². The smallest absolute Gasteiger partial charge is 0.224 e. The van der Waals surface area contributed by atoms with Crippen LogP contribution in [0.1, 0.15) is 122 Å². The van der Waals surface area contributed by atoms with Gasteiger partial charge in [0.15, 0.2) is 0 Å². The van der Waals surface area contributed by atoms with Crippen LogP contribution in [-0.4, -0.2) is 95.5 Å². The van der Waals surface area contributed by atoms with Crippen LogP contribution in [-0.2, 0) is 17.8 Å². The minimum atomic E-state index is -1.23. The summed E-state index contributed by atoms with van der Waals surface area (Å²) in [6.07, 6.45) is 21.1. The van der Waals surface area contributed by atoms with Gasteiger partial charge in [0.2, 0.25) is 17.8 Å². The van der Waals surface area contributed by atoms with Crippen molar-refractivity contribution < 1.29 is 24.4 Å². The molecule has 3 aliphatic carbocycles.